The molecule has 0 aliphatic heterocycles. The van der Waals surface area contributed by atoms with Crippen molar-refractivity contribution in [3.63, 3.8) is 0 Å². The van der Waals surface area contributed by atoms with Gasteiger partial charge in [-0.05, 0) is 19.1 Å². The third kappa shape index (κ3) is 3.63. The van der Waals surface area contributed by atoms with Crippen molar-refractivity contribution in [2.75, 3.05) is 0 Å². The molecule has 0 unspecified atom stereocenters. The van der Waals surface area contributed by atoms with Crippen LogP contribution in [0.4, 0.5) is 13.2 Å². The zero-order chi connectivity index (χ0) is 19.1. The van der Waals surface area contributed by atoms with Gasteiger partial charge in [-0.25, -0.2) is 18.5 Å². The van der Waals surface area contributed by atoms with Crippen LogP contribution in [-0.2, 0) is 16.2 Å². The Labute approximate surface area is 147 Å². The number of hydrogen-bond acceptors (Lipinski definition) is 3. The number of primary sulfonamides is 1. The predicted octanol–water partition coefficient (Wildman–Crippen LogP) is 3.72. The van der Waals surface area contributed by atoms with Crippen LogP contribution in [0.5, 0.6) is 0 Å². The molecule has 0 atom stereocenters. The maximum absolute atomic E-state index is 13.4. The first kappa shape index (κ1) is 18.2. The molecule has 3 aromatic rings. The molecule has 9 heteroatoms. The Hall–Kier alpha value is -2.65. The molecule has 0 saturated heterocycles. The number of aromatic amines is 1. The second-order valence-electron chi connectivity index (χ2n) is 5.74. The fraction of sp³-hybridized carbons (Fsp3) is 0.118. The number of imidazole rings is 1. The van der Waals surface area contributed by atoms with Crippen molar-refractivity contribution in [2.24, 2.45) is 5.14 Å². The number of sulfonamides is 1. The Morgan fingerprint density at radius 2 is 1.50 bits per heavy atom. The summed E-state index contributed by atoms with van der Waals surface area (Å²) in [6.45, 7) is 1.87. The molecule has 0 spiro atoms. The van der Waals surface area contributed by atoms with E-state index < -0.39 is 21.9 Å². The normalized spacial score (nSPS) is 12.3. The SMILES string of the molecule is Cc1ccc(-c2nc(-c3ccc(S(N)(=O)=O)cc3)c(C(F)(F)F)[nH]2)cc1. The number of benzene rings is 2. The van der Waals surface area contributed by atoms with E-state index in [-0.39, 0.29) is 22.0 Å². The van der Waals surface area contributed by atoms with Crippen molar-refractivity contribution < 1.29 is 21.6 Å². The van der Waals surface area contributed by atoms with Gasteiger partial charge >= 0.3 is 6.18 Å². The lowest BCUT2D eigenvalue weighted by atomic mass is 10.1. The van der Waals surface area contributed by atoms with Gasteiger partial charge in [0.1, 0.15) is 17.2 Å². The molecule has 1 aromatic heterocycles. The van der Waals surface area contributed by atoms with Crippen LogP contribution >= 0.6 is 0 Å². The van der Waals surface area contributed by atoms with E-state index in [0.29, 0.717) is 5.56 Å². The summed E-state index contributed by atoms with van der Waals surface area (Å²) in [5.41, 5.74) is 0.286. The zero-order valence-electron chi connectivity index (χ0n) is 13.5. The standard InChI is InChI=1S/C17H14F3N3O2S/c1-10-2-4-12(5-3-10)16-22-14(15(23-16)17(18,19)20)11-6-8-13(9-7-11)26(21,24)25/h2-9H,1H3,(H,22,23)(H2,21,24,25). The van der Waals surface area contributed by atoms with Crippen LogP contribution in [0.1, 0.15) is 11.3 Å². The van der Waals surface area contributed by atoms with Crippen molar-refractivity contribution in [3.8, 4) is 22.6 Å². The molecule has 0 amide bonds. The van der Waals surface area contributed by atoms with Crippen molar-refractivity contribution >= 4 is 10.0 Å². The van der Waals surface area contributed by atoms with Gasteiger partial charge in [-0.3, -0.25) is 0 Å². The number of rotatable bonds is 3. The largest absolute Gasteiger partial charge is 0.433 e. The summed E-state index contributed by atoms with van der Waals surface area (Å²) in [6.07, 6.45) is -4.65. The van der Waals surface area contributed by atoms with E-state index in [1.807, 2.05) is 6.92 Å². The highest BCUT2D eigenvalue weighted by Gasteiger charge is 2.37. The first-order valence-electron chi connectivity index (χ1n) is 7.43. The molecule has 1 heterocycles. The number of nitrogens with two attached hydrogens (primary N) is 1. The molecule has 0 saturated carbocycles. The molecule has 0 aliphatic rings. The maximum Gasteiger partial charge on any atom is 0.433 e. The molecule has 3 rings (SSSR count). The van der Waals surface area contributed by atoms with Gasteiger partial charge in [0.15, 0.2) is 0 Å². The van der Waals surface area contributed by atoms with Crippen molar-refractivity contribution in [1.29, 1.82) is 0 Å². The average molecular weight is 381 g/mol. The minimum Gasteiger partial charge on any atom is -0.334 e. The van der Waals surface area contributed by atoms with Crippen molar-refractivity contribution in [2.45, 2.75) is 18.0 Å². The summed E-state index contributed by atoms with van der Waals surface area (Å²) in [5, 5.41) is 5.01. The van der Waals surface area contributed by atoms with Gasteiger partial charge in [0.2, 0.25) is 10.0 Å². The molecule has 26 heavy (non-hydrogen) atoms. The van der Waals surface area contributed by atoms with Crippen LogP contribution in [-0.4, -0.2) is 18.4 Å². The van der Waals surface area contributed by atoms with E-state index in [1.54, 1.807) is 24.3 Å². The Bertz CT molecular complexity index is 1040. The predicted molar refractivity (Wildman–Crippen MR) is 90.6 cm³/mol. The summed E-state index contributed by atoms with van der Waals surface area (Å²) >= 11 is 0. The molecule has 0 fully saturated rings. The first-order chi connectivity index (χ1) is 12.1. The third-order valence-corrected chi connectivity index (χ3v) is 4.70. The van der Waals surface area contributed by atoms with Crippen LogP contribution in [0.3, 0.4) is 0 Å². The average Bonchev–Trinajstić information content (AvgIpc) is 3.00. The van der Waals surface area contributed by atoms with Gasteiger partial charge in [0.05, 0.1) is 4.90 Å². The first-order valence-corrected chi connectivity index (χ1v) is 8.98. The number of aryl methyl sites for hydroxylation is 1. The summed E-state index contributed by atoms with van der Waals surface area (Å²) in [7, 11) is -3.93. The third-order valence-electron chi connectivity index (χ3n) is 3.77. The Balaban J connectivity index is 2.12. The Morgan fingerprint density at radius 3 is 2.00 bits per heavy atom. The maximum atomic E-state index is 13.4. The van der Waals surface area contributed by atoms with Gasteiger partial charge in [-0.15, -0.1) is 0 Å². The quantitative estimate of drug-likeness (QED) is 0.725. The number of H-pyrrole nitrogens is 1. The molecule has 3 N–H and O–H groups in total. The van der Waals surface area contributed by atoms with E-state index in [0.717, 1.165) is 17.7 Å². The van der Waals surface area contributed by atoms with Crippen LogP contribution < -0.4 is 5.14 Å². The second kappa shape index (κ2) is 6.26. The van der Waals surface area contributed by atoms with E-state index in [2.05, 4.69) is 9.97 Å². The fourth-order valence-corrected chi connectivity index (χ4v) is 2.95. The molecular weight excluding hydrogens is 367 g/mol. The van der Waals surface area contributed by atoms with Gasteiger partial charge in [-0.2, -0.15) is 13.2 Å². The highest BCUT2D eigenvalue weighted by atomic mass is 32.2. The fourth-order valence-electron chi connectivity index (χ4n) is 2.44. The van der Waals surface area contributed by atoms with E-state index in [4.69, 9.17) is 5.14 Å². The summed E-state index contributed by atoms with van der Waals surface area (Å²) in [5.74, 6) is 0.0721. The number of alkyl halides is 3. The number of nitrogens with zero attached hydrogens (tertiary/aromatic N) is 1. The van der Waals surface area contributed by atoms with Gasteiger partial charge < -0.3 is 4.98 Å². The number of nitrogens with one attached hydrogen (secondary N) is 1. The number of halogens is 3. The van der Waals surface area contributed by atoms with E-state index in [9.17, 15) is 21.6 Å². The van der Waals surface area contributed by atoms with Crippen molar-refractivity contribution in [1.82, 2.24) is 9.97 Å². The van der Waals surface area contributed by atoms with Crippen LogP contribution in [0, 0.1) is 6.92 Å². The minimum absolute atomic E-state index is 0.0721. The highest BCUT2D eigenvalue weighted by Crippen LogP contribution is 2.37. The summed E-state index contributed by atoms with van der Waals surface area (Å²) in [6, 6.07) is 11.6. The Kier molecular flexibility index (Phi) is 4.37. The smallest absolute Gasteiger partial charge is 0.334 e. The van der Waals surface area contributed by atoms with Crippen LogP contribution in [0.2, 0.25) is 0 Å². The van der Waals surface area contributed by atoms with E-state index >= 15 is 0 Å². The van der Waals surface area contributed by atoms with Gasteiger partial charge in [-0.1, -0.05) is 42.0 Å². The van der Waals surface area contributed by atoms with Crippen LogP contribution in [0.15, 0.2) is 53.4 Å². The number of hydrogen-bond donors (Lipinski definition) is 2. The summed E-state index contributed by atoms with van der Waals surface area (Å²) < 4.78 is 62.8. The lowest BCUT2D eigenvalue weighted by Gasteiger charge is -2.07. The summed E-state index contributed by atoms with van der Waals surface area (Å²) in [4.78, 5) is 6.21. The molecule has 2 aromatic carbocycles. The molecular formula is C17H14F3N3O2S. The molecule has 5 nitrogen and oxygen atoms in total. The molecule has 0 radical (unpaired) electrons. The number of aromatic nitrogens is 2. The Morgan fingerprint density at radius 1 is 0.962 bits per heavy atom. The highest BCUT2D eigenvalue weighted by molar-refractivity contribution is 7.89. The van der Waals surface area contributed by atoms with Crippen molar-refractivity contribution in [3.05, 3.63) is 59.8 Å². The minimum atomic E-state index is -4.65. The topological polar surface area (TPSA) is 88.8 Å². The second-order valence-corrected chi connectivity index (χ2v) is 7.30. The lowest BCUT2D eigenvalue weighted by molar-refractivity contribution is -0.140. The van der Waals surface area contributed by atoms with Crippen LogP contribution in [0.25, 0.3) is 22.6 Å². The zero-order valence-corrected chi connectivity index (χ0v) is 14.3. The van der Waals surface area contributed by atoms with Gasteiger partial charge in [0.25, 0.3) is 0 Å². The van der Waals surface area contributed by atoms with Gasteiger partial charge in [0, 0.05) is 11.1 Å². The molecule has 136 valence electrons. The van der Waals surface area contributed by atoms with E-state index in [1.165, 1.54) is 12.1 Å². The lowest BCUT2D eigenvalue weighted by Crippen LogP contribution is -2.12. The molecule has 0 aliphatic carbocycles. The molecule has 0 bridgehead atoms. The monoisotopic (exact) mass is 381 g/mol.